The summed E-state index contributed by atoms with van der Waals surface area (Å²) in [6, 6.07) is 6.58. The number of halogens is 3. The van der Waals surface area contributed by atoms with Crippen molar-refractivity contribution in [1.29, 1.82) is 0 Å². The van der Waals surface area contributed by atoms with Gasteiger partial charge in [0.15, 0.2) is 0 Å². The predicted octanol–water partition coefficient (Wildman–Crippen LogP) is 3.86. The van der Waals surface area contributed by atoms with Crippen molar-refractivity contribution in [1.82, 2.24) is 9.97 Å². The van der Waals surface area contributed by atoms with E-state index < -0.39 is 6.36 Å². The lowest BCUT2D eigenvalue weighted by atomic mass is 9.99. The minimum absolute atomic E-state index is 0.166. The number of nitrogens with zero attached hydrogens (tertiary/aromatic N) is 3. The van der Waals surface area contributed by atoms with Crippen LogP contribution in [-0.4, -0.2) is 29.9 Å². The molecule has 2 aromatic rings. The number of benzene rings is 1. The first-order valence-electron chi connectivity index (χ1n) is 8.60. The highest BCUT2D eigenvalue weighted by Gasteiger charge is 2.32. The molecule has 0 amide bonds. The Bertz CT molecular complexity index is 821. The summed E-state index contributed by atoms with van der Waals surface area (Å²) in [5.74, 6) is 1.81. The summed E-state index contributed by atoms with van der Waals surface area (Å²) in [7, 11) is 1.80. The Morgan fingerprint density at radius 3 is 2.65 bits per heavy atom. The van der Waals surface area contributed by atoms with Crippen LogP contribution in [0.5, 0.6) is 5.75 Å². The Kier molecular flexibility index (Phi) is 4.13. The van der Waals surface area contributed by atoms with E-state index in [1.165, 1.54) is 12.1 Å². The van der Waals surface area contributed by atoms with E-state index in [-0.39, 0.29) is 5.75 Å². The second-order valence-corrected chi connectivity index (χ2v) is 6.65. The number of anilines is 2. The SMILES string of the molecule is CNc1nc(C2CC2)cc(N2CCc3cc(OC(F)(F)F)ccc3C2)n1. The third kappa shape index (κ3) is 3.68. The fourth-order valence-electron chi connectivity index (χ4n) is 3.24. The number of ether oxygens (including phenoxy) is 1. The topological polar surface area (TPSA) is 50.3 Å². The Morgan fingerprint density at radius 1 is 1.15 bits per heavy atom. The first kappa shape index (κ1) is 16.9. The molecule has 1 fully saturated rings. The molecular weight excluding hydrogens is 345 g/mol. The van der Waals surface area contributed by atoms with E-state index in [2.05, 4.69) is 24.9 Å². The number of fused-ring (bicyclic) bond motifs is 1. The Balaban J connectivity index is 1.56. The smallest absolute Gasteiger partial charge is 0.406 e. The fraction of sp³-hybridized carbons (Fsp3) is 0.444. The molecule has 2 aliphatic rings. The molecule has 1 N–H and O–H groups in total. The molecule has 8 heteroatoms. The van der Waals surface area contributed by atoms with Crippen molar-refractivity contribution in [2.24, 2.45) is 0 Å². The van der Waals surface area contributed by atoms with Gasteiger partial charge >= 0.3 is 6.36 Å². The van der Waals surface area contributed by atoms with Crippen LogP contribution in [0.2, 0.25) is 0 Å². The maximum atomic E-state index is 12.4. The molecule has 1 aliphatic carbocycles. The van der Waals surface area contributed by atoms with Gasteiger partial charge in [-0.2, -0.15) is 4.98 Å². The first-order valence-corrected chi connectivity index (χ1v) is 8.60. The van der Waals surface area contributed by atoms with E-state index in [1.54, 1.807) is 13.1 Å². The summed E-state index contributed by atoms with van der Waals surface area (Å²) >= 11 is 0. The zero-order valence-corrected chi connectivity index (χ0v) is 14.3. The van der Waals surface area contributed by atoms with E-state index in [1.807, 2.05) is 6.07 Å². The van der Waals surface area contributed by atoms with Crippen LogP contribution in [0.4, 0.5) is 24.9 Å². The number of nitrogens with one attached hydrogen (secondary N) is 1. The molecule has 0 spiro atoms. The average Bonchev–Trinajstić information content (AvgIpc) is 3.44. The highest BCUT2D eigenvalue weighted by atomic mass is 19.4. The van der Waals surface area contributed by atoms with Gasteiger partial charge in [-0.15, -0.1) is 13.2 Å². The van der Waals surface area contributed by atoms with Crippen LogP contribution in [0.15, 0.2) is 24.3 Å². The molecule has 1 aromatic carbocycles. The average molecular weight is 364 g/mol. The van der Waals surface area contributed by atoms with Crippen LogP contribution in [0.3, 0.4) is 0 Å². The molecule has 138 valence electrons. The summed E-state index contributed by atoms with van der Waals surface area (Å²) in [5.41, 5.74) is 2.93. The molecule has 1 aromatic heterocycles. The molecule has 0 saturated heterocycles. The van der Waals surface area contributed by atoms with Gasteiger partial charge < -0.3 is 15.0 Å². The number of hydrogen-bond acceptors (Lipinski definition) is 5. The van der Waals surface area contributed by atoms with Crippen LogP contribution < -0.4 is 15.0 Å². The molecule has 0 atom stereocenters. The first-order chi connectivity index (χ1) is 12.4. The molecule has 0 unspecified atom stereocenters. The van der Waals surface area contributed by atoms with Gasteiger partial charge in [0, 0.05) is 32.1 Å². The minimum atomic E-state index is -4.67. The third-order valence-corrected chi connectivity index (χ3v) is 4.70. The standard InChI is InChI=1S/C18H19F3N4O/c1-22-17-23-15(11-2-3-11)9-16(24-17)25-7-6-12-8-14(26-18(19,20)21)5-4-13(12)10-25/h4-5,8-9,11H,2-3,6-7,10H2,1H3,(H,22,23,24). The van der Waals surface area contributed by atoms with Gasteiger partial charge in [0.1, 0.15) is 11.6 Å². The second-order valence-electron chi connectivity index (χ2n) is 6.65. The van der Waals surface area contributed by atoms with Crippen molar-refractivity contribution in [3.8, 4) is 5.75 Å². The van der Waals surface area contributed by atoms with Gasteiger partial charge in [0.2, 0.25) is 5.95 Å². The summed E-state index contributed by atoms with van der Waals surface area (Å²) in [6.07, 6.45) is -1.71. The van der Waals surface area contributed by atoms with Crippen LogP contribution in [0, 0.1) is 0 Å². The maximum Gasteiger partial charge on any atom is 0.573 e. The second kappa shape index (κ2) is 6.34. The van der Waals surface area contributed by atoms with Crippen molar-refractivity contribution in [3.63, 3.8) is 0 Å². The van der Waals surface area contributed by atoms with E-state index >= 15 is 0 Å². The van der Waals surface area contributed by atoms with Crippen LogP contribution in [0.1, 0.15) is 35.6 Å². The van der Waals surface area contributed by atoms with Crippen LogP contribution in [-0.2, 0) is 13.0 Å². The van der Waals surface area contributed by atoms with Gasteiger partial charge in [-0.05, 0) is 42.5 Å². The van der Waals surface area contributed by atoms with Crippen molar-refractivity contribution in [2.45, 2.75) is 38.1 Å². The lowest BCUT2D eigenvalue weighted by Crippen LogP contribution is -2.31. The van der Waals surface area contributed by atoms with Crippen molar-refractivity contribution in [2.75, 3.05) is 23.8 Å². The normalized spacial score (nSPS) is 17.0. The van der Waals surface area contributed by atoms with Crippen molar-refractivity contribution < 1.29 is 17.9 Å². The number of aromatic nitrogens is 2. The molecular formula is C18H19F3N4O. The summed E-state index contributed by atoms with van der Waals surface area (Å²) in [4.78, 5) is 11.2. The number of hydrogen-bond donors (Lipinski definition) is 1. The van der Waals surface area contributed by atoms with Gasteiger partial charge in [0.25, 0.3) is 0 Å². The minimum Gasteiger partial charge on any atom is -0.406 e. The lowest BCUT2D eigenvalue weighted by molar-refractivity contribution is -0.274. The Morgan fingerprint density at radius 2 is 1.96 bits per heavy atom. The van der Waals surface area contributed by atoms with Crippen LogP contribution >= 0.6 is 0 Å². The molecule has 2 heterocycles. The lowest BCUT2D eigenvalue weighted by Gasteiger charge is -2.30. The van der Waals surface area contributed by atoms with Crippen molar-refractivity contribution in [3.05, 3.63) is 41.1 Å². The zero-order chi connectivity index (χ0) is 18.3. The number of alkyl halides is 3. The number of rotatable bonds is 4. The molecule has 1 aliphatic heterocycles. The molecule has 0 radical (unpaired) electrons. The fourth-order valence-corrected chi connectivity index (χ4v) is 3.24. The third-order valence-electron chi connectivity index (χ3n) is 4.70. The van der Waals surface area contributed by atoms with Crippen LogP contribution in [0.25, 0.3) is 0 Å². The summed E-state index contributed by atoms with van der Waals surface area (Å²) in [6.45, 7) is 1.29. The van der Waals surface area contributed by atoms with E-state index in [4.69, 9.17) is 0 Å². The largest absolute Gasteiger partial charge is 0.573 e. The van der Waals surface area contributed by atoms with E-state index in [0.717, 1.165) is 35.5 Å². The summed E-state index contributed by atoms with van der Waals surface area (Å²) in [5, 5.41) is 3.01. The predicted molar refractivity (Wildman–Crippen MR) is 91.4 cm³/mol. The molecule has 5 nitrogen and oxygen atoms in total. The van der Waals surface area contributed by atoms with Gasteiger partial charge in [-0.25, -0.2) is 4.98 Å². The highest BCUT2D eigenvalue weighted by Crippen LogP contribution is 2.40. The Hall–Kier alpha value is -2.51. The molecule has 0 bridgehead atoms. The molecule has 4 rings (SSSR count). The Labute approximate surface area is 149 Å². The zero-order valence-electron chi connectivity index (χ0n) is 14.3. The van der Waals surface area contributed by atoms with Gasteiger partial charge in [-0.1, -0.05) is 6.07 Å². The summed E-state index contributed by atoms with van der Waals surface area (Å²) < 4.78 is 41.2. The molecule has 1 saturated carbocycles. The maximum absolute atomic E-state index is 12.4. The van der Waals surface area contributed by atoms with Crippen molar-refractivity contribution >= 4 is 11.8 Å². The highest BCUT2D eigenvalue weighted by molar-refractivity contribution is 5.50. The van der Waals surface area contributed by atoms with E-state index in [9.17, 15) is 13.2 Å². The van der Waals surface area contributed by atoms with Gasteiger partial charge in [0.05, 0.1) is 5.69 Å². The molecule has 26 heavy (non-hydrogen) atoms. The van der Waals surface area contributed by atoms with E-state index in [0.29, 0.717) is 31.4 Å². The monoisotopic (exact) mass is 364 g/mol. The quantitative estimate of drug-likeness (QED) is 0.893. The van der Waals surface area contributed by atoms with Gasteiger partial charge in [-0.3, -0.25) is 0 Å².